The number of aromatic nitrogens is 2. The Labute approximate surface area is 181 Å². The molecule has 4 heterocycles. The van der Waals surface area contributed by atoms with Crippen LogP contribution in [-0.4, -0.2) is 72.6 Å². The Hall–Kier alpha value is -2.95. The first-order valence-corrected chi connectivity index (χ1v) is 9.93. The molecule has 0 N–H and O–H groups in total. The van der Waals surface area contributed by atoms with Crippen LogP contribution >= 0.6 is 0 Å². The third-order valence-corrected chi connectivity index (χ3v) is 5.81. The molecular weight excluding hydrogens is 434 g/mol. The molecule has 0 aliphatic carbocycles. The quantitative estimate of drug-likeness (QED) is 0.598. The maximum absolute atomic E-state index is 13.1. The topological polar surface area (TPSA) is 73.8 Å². The molecule has 0 bridgehead atoms. The number of rotatable bonds is 7. The first kappa shape index (κ1) is 22.3. The van der Waals surface area contributed by atoms with Gasteiger partial charge in [-0.05, 0) is 30.7 Å². The molecule has 0 saturated carbocycles. The summed E-state index contributed by atoms with van der Waals surface area (Å²) in [5.74, 6) is -5.23. The van der Waals surface area contributed by atoms with E-state index in [0.717, 1.165) is 5.69 Å². The van der Waals surface area contributed by atoms with E-state index in [1.54, 1.807) is 11.1 Å². The Morgan fingerprint density at radius 2 is 2.16 bits per heavy atom. The highest BCUT2D eigenvalue weighted by atomic mass is 19.3. The van der Waals surface area contributed by atoms with Gasteiger partial charge in [-0.2, -0.15) is 8.78 Å². The number of alkyl halides is 4. The number of likely N-dealkylation sites (tertiary alicyclic amines) is 1. The fourth-order valence-electron chi connectivity index (χ4n) is 3.90. The van der Waals surface area contributed by atoms with Crippen LogP contribution < -0.4 is 9.47 Å². The van der Waals surface area contributed by atoms with Gasteiger partial charge in [0, 0.05) is 19.3 Å². The van der Waals surface area contributed by atoms with Crippen molar-refractivity contribution in [3.63, 3.8) is 0 Å². The zero-order valence-electron chi connectivity index (χ0n) is 17.1. The van der Waals surface area contributed by atoms with Gasteiger partial charge in [0.1, 0.15) is 5.69 Å². The average molecular weight is 455 g/mol. The predicted octanol–water partition coefficient (Wildman–Crippen LogP) is 2.95. The number of hydrogen-bond donors (Lipinski definition) is 0. The maximum Gasteiger partial charge on any atom is 0.340 e. The lowest BCUT2D eigenvalue weighted by atomic mass is 9.70. The van der Waals surface area contributed by atoms with E-state index in [1.807, 2.05) is 18.2 Å². The molecule has 2 fully saturated rings. The smallest absolute Gasteiger partial charge is 0.340 e. The number of pyridine rings is 2. The van der Waals surface area contributed by atoms with E-state index < -0.39 is 24.9 Å². The standard InChI is InChI=1S/C21H21F4N3O4/c1-30-17-14(31-12-21(24,25)19(22)23)6-5-13(27-17)18(29)28-9-7-20(11-32-16(20)10-28)15-4-2-3-8-26-15/h2-6,8,16,19H,7,9-12H2,1H3/t16?,20-/m0/s1. The van der Waals surface area contributed by atoms with Crippen LogP contribution in [-0.2, 0) is 10.2 Å². The third kappa shape index (κ3) is 3.96. The van der Waals surface area contributed by atoms with Gasteiger partial charge in [-0.3, -0.25) is 9.78 Å². The van der Waals surface area contributed by atoms with Crippen LogP contribution in [0, 0.1) is 0 Å². The van der Waals surface area contributed by atoms with Crippen molar-refractivity contribution in [2.24, 2.45) is 0 Å². The lowest BCUT2D eigenvalue weighted by Gasteiger charge is -2.54. The normalized spacial score (nSPS) is 22.8. The van der Waals surface area contributed by atoms with Gasteiger partial charge in [-0.15, -0.1) is 0 Å². The predicted molar refractivity (Wildman–Crippen MR) is 103 cm³/mol. The van der Waals surface area contributed by atoms with Crippen LogP contribution in [0.15, 0.2) is 36.5 Å². The van der Waals surface area contributed by atoms with Crippen molar-refractivity contribution in [3.8, 4) is 11.6 Å². The third-order valence-electron chi connectivity index (χ3n) is 5.81. The Balaban J connectivity index is 1.45. The number of carbonyl (C=O) groups is 1. The van der Waals surface area contributed by atoms with Crippen molar-refractivity contribution in [1.82, 2.24) is 14.9 Å². The van der Waals surface area contributed by atoms with E-state index in [1.165, 1.54) is 19.2 Å². The summed E-state index contributed by atoms with van der Waals surface area (Å²) in [6, 6.07) is 8.19. The first-order chi connectivity index (χ1) is 15.3. The molecule has 1 unspecified atom stereocenters. The van der Waals surface area contributed by atoms with Crippen LogP contribution in [0.1, 0.15) is 22.6 Å². The lowest BCUT2D eigenvalue weighted by Crippen LogP contribution is -2.65. The Morgan fingerprint density at radius 3 is 2.75 bits per heavy atom. The second kappa shape index (κ2) is 8.53. The lowest BCUT2D eigenvalue weighted by molar-refractivity contribution is -0.169. The second-order valence-corrected chi connectivity index (χ2v) is 7.73. The molecule has 2 aliphatic rings. The molecular formula is C21H21F4N3O4. The molecule has 172 valence electrons. The van der Waals surface area contributed by atoms with Gasteiger partial charge in [0.25, 0.3) is 11.8 Å². The summed E-state index contributed by atoms with van der Waals surface area (Å²) in [6.07, 6.45) is -1.67. The second-order valence-electron chi connectivity index (χ2n) is 7.73. The van der Waals surface area contributed by atoms with Crippen molar-refractivity contribution in [1.29, 1.82) is 0 Å². The summed E-state index contributed by atoms with van der Waals surface area (Å²) < 4.78 is 66.4. The molecule has 2 saturated heterocycles. The van der Waals surface area contributed by atoms with Gasteiger partial charge in [-0.25, -0.2) is 13.8 Å². The van der Waals surface area contributed by atoms with Gasteiger partial charge in [0.2, 0.25) is 0 Å². The van der Waals surface area contributed by atoms with Crippen LogP contribution in [0.3, 0.4) is 0 Å². The van der Waals surface area contributed by atoms with E-state index in [2.05, 4.69) is 9.97 Å². The number of fused-ring (bicyclic) bond motifs is 1. The van der Waals surface area contributed by atoms with E-state index in [4.69, 9.17) is 14.2 Å². The van der Waals surface area contributed by atoms with E-state index in [-0.39, 0.29) is 28.8 Å². The molecule has 7 nitrogen and oxygen atoms in total. The molecule has 2 aliphatic heterocycles. The molecule has 1 amide bonds. The number of ether oxygens (including phenoxy) is 3. The number of methoxy groups -OCH3 is 1. The average Bonchev–Trinajstić information content (AvgIpc) is 2.78. The van der Waals surface area contributed by atoms with Crippen molar-refractivity contribution < 1.29 is 36.6 Å². The zero-order chi connectivity index (χ0) is 22.9. The fourth-order valence-corrected chi connectivity index (χ4v) is 3.90. The van der Waals surface area contributed by atoms with Crippen LogP contribution in [0.25, 0.3) is 0 Å². The monoisotopic (exact) mass is 455 g/mol. The number of nitrogens with zero attached hydrogens (tertiary/aromatic N) is 3. The molecule has 4 rings (SSSR count). The first-order valence-electron chi connectivity index (χ1n) is 9.93. The Bertz CT molecular complexity index is 979. The summed E-state index contributed by atoms with van der Waals surface area (Å²) in [6.45, 7) is -0.203. The van der Waals surface area contributed by atoms with Gasteiger partial charge >= 0.3 is 12.3 Å². The van der Waals surface area contributed by atoms with Crippen molar-refractivity contribution >= 4 is 5.91 Å². The van der Waals surface area contributed by atoms with Crippen LogP contribution in [0.2, 0.25) is 0 Å². The van der Waals surface area contributed by atoms with Crippen molar-refractivity contribution in [2.75, 3.05) is 33.4 Å². The molecule has 2 aromatic heterocycles. The van der Waals surface area contributed by atoms with E-state index >= 15 is 0 Å². The highest BCUT2D eigenvalue weighted by Gasteiger charge is 2.54. The molecule has 2 atom stereocenters. The number of halogens is 4. The SMILES string of the molecule is COc1nc(C(=O)N2CC[C@@]3(c4ccccn4)COC3C2)ccc1OCC(F)(F)C(F)F. The minimum absolute atomic E-state index is 0.0134. The minimum Gasteiger partial charge on any atom is -0.481 e. The van der Waals surface area contributed by atoms with Gasteiger partial charge in [-0.1, -0.05) is 6.07 Å². The van der Waals surface area contributed by atoms with Crippen LogP contribution in [0.4, 0.5) is 17.6 Å². The van der Waals surface area contributed by atoms with E-state index in [9.17, 15) is 22.4 Å². The molecule has 0 spiro atoms. The molecule has 2 aromatic rings. The van der Waals surface area contributed by atoms with Gasteiger partial charge in [0.15, 0.2) is 12.4 Å². The largest absolute Gasteiger partial charge is 0.481 e. The highest BCUT2D eigenvalue weighted by molar-refractivity contribution is 5.92. The van der Waals surface area contributed by atoms with Gasteiger partial charge in [0.05, 0.1) is 30.9 Å². The van der Waals surface area contributed by atoms with Crippen molar-refractivity contribution in [2.45, 2.75) is 30.3 Å². The summed E-state index contributed by atoms with van der Waals surface area (Å²) in [7, 11) is 1.21. The minimum atomic E-state index is -4.32. The molecule has 0 aromatic carbocycles. The Kier molecular flexibility index (Phi) is 5.93. The fraction of sp³-hybridized carbons (Fsp3) is 0.476. The molecule has 0 radical (unpaired) electrons. The van der Waals surface area contributed by atoms with Crippen LogP contribution in [0.5, 0.6) is 11.6 Å². The molecule has 11 heteroatoms. The van der Waals surface area contributed by atoms with Crippen molar-refractivity contribution in [3.05, 3.63) is 47.9 Å². The number of hydrogen-bond acceptors (Lipinski definition) is 6. The van der Waals surface area contributed by atoms with E-state index in [0.29, 0.717) is 26.1 Å². The molecule has 32 heavy (non-hydrogen) atoms. The maximum atomic E-state index is 13.1. The number of carbonyl (C=O) groups excluding carboxylic acids is 1. The summed E-state index contributed by atoms with van der Waals surface area (Å²) >= 11 is 0. The number of piperidine rings is 1. The van der Waals surface area contributed by atoms with Gasteiger partial charge < -0.3 is 19.1 Å². The summed E-state index contributed by atoms with van der Waals surface area (Å²) in [5, 5.41) is 0. The number of amides is 1. The Morgan fingerprint density at radius 1 is 1.34 bits per heavy atom. The highest BCUT2D eigenvalue weighted by Crippen LogP contribution is 2.44. The zero-order valence-corrected chi connectivity index (χ0v) is 17.1. The summed E-state index contributed by atoms with van der Waals surface area (Å²) in [4.78, 5) is 23.1. The summed E-state index contributed by atoms with van der Waals surface area (Å²) in [5.41, 5.74) is 0.723.